The first-order chi connectivity index (χ1) is 12.9. The highest BCUT2D eigenvalue weighted by Gasteiger charge is 2.22. The summed E-state index contributed by atoms with van der Waals surface area (Å²) in [7, 11) is -3.45. The van der Waals surface area contributed by atoms with Crippen LogP contribution in [0.5, 0.6) is 0 Å². The maximum atomic E-state index is 13.3. The normalized spacial score (nSPS) is 13.0. The standard InChI is InChI=1S/C21H27FN2O3S/c1-21(2,3)14-19(15-9-11-17(22)12-10-15)23-20(25)13-16-7-5-6-8-18(16)24-28(4,26)27/h5-12,19,24H,13-14H2,1-4H3,(H,23,25). The molecule has 0 bridgehead atoms. The van der Waals surface area contributed by atoms with Crippen LogP contribution in [0.25, 0.3) is 0 Å². The van der Waals surface area contributed by atoms with Crippen LogP contribution in [-0.4, -0.2) is 20.6 Å². The van der Waals surface area contributed by atoms with Crippen LogP contribution in [-0.2, 0) is 21.2 Å². The average Bonchev–Trinajstić information content (AvgIpc) is 2.54. The van der Waals surface area contributed by atoms with Crippen LogP contribution >= 0.6 is 0 Å². The number of carbonyl (C=O) groups excluding carboxylic acids is 1. The fourth-order valence-corrected chi connectivity index (χ4v) is 3.55. The van der Waals surface area contributed by atoms with Crippen LogP contribution in [0.4, 0.5) is 10.1 Å². The van der Waals surface area contributed by atoms with Crippen molar-refractivity contribution in [2.45, 2.75) is 39.7 Å². The van der Waals surface area contributed by atoms with E-state index < -0.39 is 10.0 Å². The molecule has 0 fully saturated rings. The van der Waals surface area contributed by atoms with Crippen molar-refractivity contribution in [3.05, 3.63) is 65.5 Å². The number of rotatable bonds is 7. The molecule has 7 heteroatoms. The van der Waals surface area contributed by atoms with E-state index in [4.69, 9.17) is 0 Å². The zero-order valence-corrected chi connectivity index (χ0v) is 17.4. The molecule has 0 saturated heterocycles. The summed E-state index contributed by atoms with van der Waals surface area (Å²) >= 11 is 0. The molecule has 0 spiro atoms. The molecule has 1 atom stereocenters. The number of hydrogen-bond donors (Lipinski definition) is 2. The maximum absolute atomic E-state index is 13.3. The largest absolute Gasteiger partial charge is 0.349 e. The minimum absolute atomic E-state index is 0.0283. The molecule has 2 aromatic rings. The Labute approximate surface area is 166 Å². The number of anilines is 1. The highest BCUT2D eigenvalue weighted by molar-refractivity contribution is 7.92. The highest BCUT2D eigenvalue weighted by Crippen LogP contribution is 2.30. The van der Waals surface area contributed by atoms with Gasteiger partial charge in [-0.2, -0.15) is 0 Å². The minimum atomic E-state index is -3.45. The first-order valence-corrected chi connectivity index (χ1v) is 10.9. The van der Waals surface area contributed by atoms with E-state index in [0.717, 1.165) is 11.8 Å². The van der Waals surface area contributed by atoms with Crippen molar-refractivity contribution >= 4 is 21.6 Å². The minimum Gasteiger partial charge on any atom is -0.349 e. The van der Waals surface area contributed by atoms with Gasteiger partial charge in [0.2, 0.25) is 15.9 Å². The van der Waals surface area contributed by atoms with Crippen molar-refractivity contribution in [1.82, 2.24) is 5.32 Å². The molecule has 2 N–H and O–H groups in total. The molecule has 5 nitrogen and oxygen atoms in total. The zero-order valence-electron chi connectivity index (χ0n) is 16.6. The van der Waals surface area contributed by atoms with Crippen LogP contribution in [0.1, 0.15) is 44.4 Å². The highest BCUT2D eigenvalue weighted by atomic mass is 32.2. The molecule has 2 aromatic carbocycles. The van der Waals surface area contributed by atoms with Crippen LogP contribution in [0.15, 0.2) is 48.5 Å². The Hall–Kier alpha value is -2.41. The second-order valence-corrected chi connectivity index (χ2v) is 9.89. The molecule has 0 aromatic heterocycles. The molecule has 1 unspecified atom stereocenters. The van der Waals surface area contributed by atoms with Gasteiger partial charge in [0.05, 0.1) is 24.4 Å². The quantitative estimate of drug-likeness (QED) is 0.729. The lowest BCUT2D eigenvalue weighted by Gasteiger charge is -2.27. The van der Waals surface area contributed by atoms with Gasteiger partial charge in [0.1, 0.15) is 5.82 Å². The van der Waals surface area contributed by atoms with Crippen LogP contribution in [0.3, 0.4) is 0 Å². The van der Waals surface area contributed by atoms with E-state index in [1.165, 1.54) is 12.1 Å². The first-order valence-electron chi connectivity index (χ1n) is 9.03. The lowest BCUT2D eigenvalue weighted by molar-refractivity contribution is -0.121. The van der Waals surface area contributed by atoms with Crippen molar-refractivity contribution in [2.24, 2.45) is 5.41 Å². The summed E-state index contributed by atoms with van der Waals surface area (Å²) in [6, 6.07) is 12.6. The molecular weight excluding hydrogens is 379 g/mol. The Kier molecular flexibility index (Phi) is 6.82. The van der Waals surface area contributed by atoms with Gasteiger partial charge in [-0.15, -0.1) is 0 Å². The van der Waals surface area contributed by atoms with Crippen LogP contribution < -0.4 is 10.0 Å². The van der Waals surface area contributed by atoms with Gasteiger partial charge in [-0.25, -0.2) is 12.8 Å². The molecule has 1 amide bonds. The number of hydrogen-bond acceptors (Lipinski definition) is 3. The number of amides is 1. The third-order valence-electron chi connectivity index (χ3n) is 4.09. The predicted octanol–water partition coefficient (Wildman–Crippen LogP) is 4.03. The Morgan fingerprint density at radius 3 is 2.25 bits per heavy atom. The SMILES string of the molecule is CC(C)(C)CC(NC(=O)Cc1ccccc1NS(C)(=O)=O)c1ccc(F)cc1. The number of para-hydroxylation sites is 1. The van der Waals surface area contributed by atoms with E-state index in [2.05, 4.69) is 30.8 Å². The lowest BCUT2D eigenvalue weighted by atomic mass is 9.85. The summed E-state index contributed by atoms with van der Waals surface area (Å²) < 4.78 is 38.8. The summed E-state index contributed by atoms with van der Waals surface area (Å²) in [6.45, 7) is 6.21. The van der Waals surface area contributed by atoms with Gasteiger partial charge in [-0.05, 0) is 41.2 Å². The van der Waals surface area contributed by atoms with Gasteiger partial charge in [0, 0.05) is 0 Å². The van der Waals surface area contributed by atoms with Crippen molar-refractivity contribution in [3.63, 3.8) is 0 Å². The van der Waals surface area contributed by atoms with Crippen LogP contribution in [0, 0.1) is 11.2 Å². The topological polar surface area (TPSA) is 75.3 Å². The predicted molar refractivity (Wildman–Crippen MR) is 110 cm³/mol. The maximum Gasteiger partial charge on any atom is 0.229 e. The molecule has 2 rings (SSSR count). The summed E-state index contributed by atoms with van der Waals surface area (Å²) in [5.41, 5.74) is 1.74. The van der Waals surface area contributed by atoms with Crippen molar-refractivity contribution in [2.75, 3.05) is 11.0 Å². The third-order valence-corrected chi connectivity index (χ3v) is 4.68. The fraction of sp³-hybridized carbons (Fsp3) is 0.381. The summed E-state index contributed by atoms with van der Waals surface area (Å²) in [5, 5.41) is 3.01. The molecule has 0 radical (unpaired) electrons. The summed E-state index contributed by atoms with van der Waals surface area (Å²) in [5.74, 6) is -0.563. The number of nitrogens with one attached hydrogen (secondary N) is 2. The second-order valence-electron chi connectivity index (χ2n) is 8.14. The van der Waals surface area contributed by atoms with Gasteiger partial charge in [-0.1, -0.05) is 51.1 Å². The third kappa shape index (κ3) is 7.31. The smallest absolute Gasteiger partial charge is 0.229 e. The van der Waals surface area contributed by atoms with E-state index in [1.54, 1.807) is 36.4 Å². The second kappa shape index (κ2) is 8.73. The van der Waals surface area contributed by atoms with Gasteiger partial charge < -0.3 is 5.32 Å². The Bertz CT molecular complexity index is 919. The molecule has 0 aliphatic heterocycles. The van der Waals surface area contributed by atoms with E-state index in [9.17, 15) is 17.6 Å². The zero-order chi connectivity index (χ0) is 20.9. The number of sulfonamides is 1. The fourth-order valence-electron chi connectivity index (χ4n) is 2.95. The van der Waals surface area contributed by atoms with Gasteiger partial charge >= 0.3 is 0 Å². The Morgan fingerprint density at radius 2 is 1.68 bits per heavy atom. The van der Waals surface area contributed by atoms with Crippen molar-refractivity contribution < 1.29 is 17.6 Å². The van der Waals surface area contributed by atoms with Crippen LogP contribution in [0.2, 0.25) is 0 Å². The molecule has 0 aliphatic carbocycles. The Morgan fingerprint density at radius 1 is 1.07 bits per heavy atom. The number of carbonyl (C=O) groups is 1. The number of benzene rings is 2. The van der Waals surface area contributed by atoms with Gasteiger partial charge in [-0.3, -0.25) is 9.52 Å². The molecule has 152 valence electrons. The summed E-state index contributed by atoms with van der Waals surface area (Å²) in [4.78, 5) is 12.7. The monoisotopic (exact) mass is 406 g/mol. The van der Waals surface area contributed by atoms with E-state index in [-0.39, 0.29) is 29.6 Å². The van der Waals surface area contributed by atoms with E-state index in [0.29, 0.717) is 17.7 Å². The number of halogens is 1. The molecular formula is C21H27FN2O3S. The lowest BCUT2D eigenvalue weighted by Crippen LogP contribution is -2.32. The molecule has 0 saturated carbocycles. The summed E-state index contributed by atoms with van der Waals surface area (Å²) in [6.07, 6.45) is 1.77. The molecule has 0 aliphatic rings. The first kappa shape index (κ1) is 21.9. The van der Waals surface area contributed by atoms with Crippen molar-refractivity contribution in [1.29, 1.82) is 0 Å². The molecule has 0 heterocycles. The van der Waals surface area contributed by atoms with E-state index >= 15 is 0 Å². The average molecular weight is 407 g/mol. The van der Waals surface area contributed by atoms with Gasteiger partial charge in [0.25, 0.3) is 0 Å². The van der Waals surface area contributed by atoms with Gasteiger partial charge in [0.15, 0.2) is 0 Å². The van der Waals surface area contributed by atoms with Crippen molar-refractivity contribution in [3.8, 4) is 0 Å². The van der Waals surface area contributed by atoms with E-state index in [1.807, 2.05) is 0 Å². The Balaban J connectivity index is 2.19. The molecule has 28 heavy (non-hydrogen) atoms.